The first kappa shape index (κ1) is 28.7. The van der Waals surface area contributed by atoms with E-state index in [1.165, 1.54) is 0 Å². The first-order chi connectivity index (χ1) is 15.8. The van der Waals surface area contributed by atoms with Crippen LogP contribution in [0.5, 0.6) is 0 Å². The van der Waals surface area contributed by atoms with E-state index >= 15 is 0 Å². The third kappa shape index (κ3) is 13.3. The molecule has 0 aliphatic rings. The van der Waals surface area contributed by atoms with E-state index in [0.29, 0.717) is 50.1 Å². The molecule has 0 aromatic heterocycles. The van der Waals surface area contributed by atoms with Gasteiger partial charge in [-0.3, -0.25) is 9.59 Å². The maximum absolute atomic E-state index is 12.2. The summed E-state index contributed by atoms with van der Waals surface area (Å²) in [6, 6.07) is 6.31. The maximum Gasteiger partial charge on any atom is 0.407 e. The lowest BCUT2D eigenvalue weighted by atomic mass is 10.1. The molecule has 10 heteroatoms. The number of ether oxygens (including phenoxy) is 2. The molecule has 0 fully saturated rings. The highest BCUT2D eigenvalue weighted by atomic mass is 16.6. The average Bonchev–Trinajstić information content (AvgIpc) is 2.70. The van der Waals surface area contributed by atoms with Crippen molar-refractivity contribution in [1.29, 1.82) is 0 Å². The molecule has 0 spiro atoms. The number of benzene rings is 1. The lowest BCUT2D eigenvalue weighted by molar-refractivity contribution is 0.0515. The Morgan fingerprint density at radius 2 is 0.882 bits per heavy atom. The molecule has 4 amide bonds. The first-order valence-electron chi connectivity index (χ1n) is 11.4. The van der Waals surface area contributed by atoms with Gasteiger partial charge in [-0.1, -0.05) is 0 Å². The minimum absolute atomic E-state index is 0.266. The number of hydrogen-bond acceptors (Lipinski definition) is 6. The number of nitrogens with one attached hydrogen (secondary N) is 4. The van der Waals surface area contributed by atoms with Gasteiger partial charge in [0.25, 0.3) is 11.8 Å². The fourth-order valence-electron chi connectivity index (χ4n) is 2.57. The molecule has 0 heterocycles. The first-order valence-corrected chi connectivity index (χ1v) is 11.4. The van der Waals surface area contributed by atoms with E-state index in [-0.39, 0.29) is 11.8 Å². The summed E-state index contributed by atoms with van der Waals surface area (Å²) in [5, 5.41) is 10.8. The monoisotopic (exact) mass is 478 g/mol. The van der Waals surface area contributed by atoms with Crippen LogP contribution in [0, 0.1) is 0 Å². The number of carbonyl (C=O) groups is 4. The number of amides is 4. The standard InChI is InChI=1S/C24H38N4O6/c1-23(2,3)33-21(31)27-15-7-13-25-19(29)17-9-11-18(12-10-17)20(30)26-14-8-16-28-22(32)34-24(4,5)6/h9-12H,7-8,13-16H2,1-6H3,(H,25,29)(H,26,30)(H,27,31)(H,28,32). The van der Waals surface area contributed by atoms with Crippen LogP contribution in [0.1, 0.15) is 75.1 Å². The summed E-state index contributed by atoms with van der Waals surface area (Å²) in [6.07, 6.45) is 0.113. The predicted octanol–water partition coefficient (Wildman–Crippen LogP) is 2.98. The predicted molar refractivity (Wildman–Crippen MR) is 129 cm³/mol. The van der Waals surface area contributed by atoms with Gasteiger partial charge in [0.15, 0.2) is 0 Å². The van der Waals surface area contributed by atoms with Crippen molar-refractivity contribution in [3.8, 4) is 0 Å². The summed E-state index contributed by atoms with van der Waals surface area (Å²) in [5.41, 5.74) is -0.253. The van der Waals surface area contributed by atoms with Crippen molar-refractivity contribution >= 4 is 24.0 Å². The zero-order valence-corrected chi connectivity index (χ0v) is 21.0. The Labute approximate surface area is 201 Å². The Bertz CT molecular complexity index is 756. The molecule has 0 saturated carbocycles. The van der Waals surface area contributed by atoms with E-state index in [1.54, 1.807) is 65.8 Å². The van der Waals surface area contributed by atoms with E-state index < -0.39 is 23.4 Å². The normalized spacial score (nSPS) is 11.2. The molecule has 0 unspecified atom stereocenters. The van der Waals surface area contributed by atoms with Crippen molar-refractivity contribution in [2.45, 2.75) is 65.6 Å². The van der Waals surface area contributed by atoms with Gasteiger partial charge in [-0.2, -0.15) is 0 Å². The summed E-state index contributed by atoms with van der Waals surface area (Å²) in [7, 11) is 0. The molecule has 0 atom stereocenters. The highest BCUT2D eigenvalue weighted by molar-refractivity contribution is 5.97. The van der Waals surface area contributed by atoms with Gasteiger partial charge in [-0.15, -0.1) is 0 Å². The van der Waals surface area contributed by atoms with E-state index in [2.05, 4.69) is 21.3 Å². The quantitative estimate of drug-likeness (QED) is 0.382. The van der Waals surface area contributed by atoms with Gasteiger partial charge in [0, 0.05) is 37.3 Å². The molecular formula is C24H38N4O6. The van der Waals surface area contributed by atoms with Crippen molar-refractivity contribution in [2.24, 2.45) is 0 Å². The van der Waals surface area contributed by atoms with Gasteiger partial charge < -0.3 is 30.7 Å². The van der Waals surface area contributed by atoms with Crippen LogP contribution in [0.4, 0.5) is 9.59 Å². The summed E-state index contributed by atoms with van der Waals surface area (Å²) in [5.74, 6) is -0.533. The molecule has 10 nitrogen and oxygen atoms in total. The van der Waals surface area contributed by atoms with Crippen molar-refractivity contribution in [2.75, 3.05) is 26.2 Å². The second-order valence-electron chi connectivity index (χ2n) is 9.65. The van der Waals surface area contributed by atoms with Gasteiger partial charge in [-0.25, -0.2) is 9.59 Å². The number of hydrogen-bond donors (Lipinski definition) is 4. The third-order valence-corrected chi connectivity index (χ3v) is 4.02. The topological polar surface area (TPSA) is 135 Å². The van der Waals surface area contributed by atoms with Crippen LogP contribution >= 0.6 is 0 Å². The lowest BCUT2D eigenvalue weighted by Gasteiger charge is -2.19. The fourth-order valence-corrected chi connectivity index (χ4v) is 2.57. The second-order valence-corrected chi connectivity index (χ2v) is 9.65. The smallest absolute Gasteiger partial charge is 0.407 e. The molecule has 0 aliphatic carbocycles. The fraction of sp³-hybridized carbons (Fsp3) is 0.583. The Kier molecular flexibility index (Phi) is 11.3. The van der Waals surface area contributed by atoms with Crippen LogP contribution in [0.25, 0.3) is 0 Å². The summed E-state index contributed by atoms with van der Waals surface area (Å²) in [6.45, 7) is 12.2. The Balaban J connectivity index is 2.27. The maximum atomic E-state index is 12.2. The molecule has 0 bridgehead atoms. The zero-order chi connectivity index (χ0) is 25.8. The van der Waals surface area contributed by atoms with Crippen LogP contribution in [0.2, 0.25) is 0 Å². The highest BCUT2D eigenvalue weighted by Gasteiger charge is 2.16. The van der Waals surface area contributed by atoms with Crippen LogP contribution < -0.4 is 21.3 Å². The van der Waals surface area contributed by atoms with Crippen molar-refractivity contribution in [3.05, 3.63) is 35.4 Å². The Morgan fingerprint density at radius 1 is 0.588 bits per heavy atom. The average molecular weight is 479 g/mol. The highest BCUT2D eigenvalue weighted by Crippen LogP contribution is 2.07. The van der Waals surface area contributed by atoms with E-state index in [1.807, 2.05) is 0 Å². The number of rotatable bonds is 10. The van der Waals surface area contributed by atoms with Gasteiger partial charge in [0.2, 0.25) is 0 Å². The van der Waals surface area contributed by atoms with Crippen molar-refractivity contribution < 1.29 is 28.7 Å². The molecule has 1 aromatic rings. The summed E-state index contributed by atoms with van der Waals surface area (Å²) in [4.78, 5) is 47.6. The molecule has 1 rings (SSSR count). The largest absolute Gasteiger partial charge is 0.444 e. The molecule has 4 N–H and O–H groups in total. The minimum atomic E-state index is -0.555. The molecule has 1 aromatic carbocycles. The van der Waals surface area contributed by atoms with Gasteiger partial charge >= 0.3 is 12.2 Å². The SMILES string of the molecule is CC(C)(C)OC(=O)NCCCNC(=O)c1ccc(C(=O)NCCCNC(=O)OC(C)(C)C)cc1. The summed E-state index contributed by atoms with van der Waals surface area (Å²) < 4.78 is 10.3. The van der Waals surface area contributed by atoms with Gasteiger partial charge in [0.1, 0.15) is 11.2 Å². The van der Waals surface area contributed by atoms with Crippen LogP contribution in [-0.2, 0) is 9.47 Å². The van der Waals surface area contributed by atoms with E-state index in [0.717, 1.165) is 0 Å². The molecule has 34 heavy (non-hydrogen) atoms. The lowest BCUT2D eigenvalue weighted by Crippen LogP contribution is -2.34. The minimum Gasteiger partial charge on any atom is -0.444 e. The van der Waals surface area contributed by atoms with Crippen molar-refractivity contribution in [3.63, 3.8) is 0 Å². The van der Waals surface area contributed by atoms with Crippen molar-refractivity contribution in [1.82, 2.24) is 21.3 Å². The molecule has 0 aliphatic heterocycles. The van der Waals surface area contributed by atoms with E-state index in [4.69, 9.17) is 9.47 Å². The molecule has 190 valence electrons. The van der Waals surface area contributed by atoms with Gasteiger partial charge in [-0.05, 0) is 78.6 Å². The number of alkyl carbamates (subject to hydrolysis) is 2. The molecular weight excluding hydrogens is 440 g/mol. The van der Waals surface area contributed by atoms with E-state index in [9.17, 15) is 19.2 Å². The zero-order valence-electron chi connectivity index (χ0n) is 21.0. The third-order valence-electron chi connectivity index (χ3n) is 4.02. The Hall–Kier alpha value is -3.30. The Morgan fingerprint density at radius 3 is 1.18 bits per heavy atom. The number of carbonyl (C=O) groups excluding carboxylic acids is 4. The van der Waals surface area contributed by atoms with Crippen LogP contribution in [-0.4, -0.2) is 61.4 Å². The molecule has 0 saturated heterocycles. The second kappa shape index (κ2) is 13.4. The van der Waals surface area contributed by atoms with Crippen LogP contribution in [0.3, 0.4) is 0 Å². The summed E-state index contributed by atoms with van der Waals surface area (Å²) >= 11 is 0. The molecule has 0 radical (unpaired) electrons. The van der Waals surface area contributed by atoms with Crippen LogP contribution in [0.15, 0.2) is 24.3 Å². The van der Waals surface area contributed by atoms with Gasteiger partial charge in [0.05, 0.1) is 0 Å².